The monoisotopic (exact) mass is 244 g/mol. The SMILES string of the molecule is Cc1ccc2cc(C(=O)N3CCOCC3)[nH]c2c1. The van der Waals surface area contributed by atoms with E-state index in [9.17, 15) is 4.79 Å². The van der Waals surface area contributed by atoms with E-state index in [1.807, 2.05) is 24.0 Å². The lowest BCUT2D eigenvalue weighted by molar-refractivity contribution is 0.0299. The van der Waals surface area contributed by atoms with Crippen LogP contribution in [-0.2, 0) is 4.74 Å². The molecule has 2 aromatic rings. The zero-order valence-corrected chi connectivity index (χ0v) is 10.4. The molecule has 1 aromatic carbocycles. The Bertz CT molecular complexity index is 582. The number of nitrogens with zero attached hydrogens (tertiary/aromatic N) is 1. The van der Waals surface area contributed by atoms with Crippen molar-refractivity contribution in [1.29, 1.82) is 0 Å². The lowest BCUT2D eigenvalue weighted by atomic mass is 10.2. The number of ether oxygens (including phenoxy) is 1. The Morgan fingerprint density at radius 2 is 2.06 bits per heavy atom. The predicted molar refractivity (Wildman–Crippen MR) is 69.8 cm³/mol. The van der Waals surface area contributed by atoms with Crippen molar-refractivity contribution < 1.29 is 9.53 Å². The summed E-state index contributed by atoms with van der Waals surface area (Å²) >= 11 is 0. The number of aryl methyl sites for hydroxylation is 1. The quantitative estimate of drug-likeness (QED) is 0.833. The third-order valence-electron chi connectivity index (χ3n) is 3.31. The third-order valence-corrected chi connectivity index (χ3v) is 3.31. The molecule has 3 rings (SSSR count). The molecule has 0 unspecified atom stereocenters. The number of morpholine rings is 1. The van der Waals surface area contributed by atoms with E-state index < -0.39 is 0 Å². The van der Waals surface area contributed by atoms with Gasteiger partial charge in [-0.25, -0.2) is 0 Å². The molecule has 0 atom stereocenters. The number of aromatic nitrogens is 1. The Kier molecular flexibility index (Phi) is 2.80. The first-order valence-corrected chi connectivity index (χ1v) is 6.20. The summed E-state index contributed by atoms with van der Waals surface area (Å²) < 4.78 is 5.26. The van der Waals surface area contributed by atoms with Gasteiger partial charge in [-0.3, -0.25) is 4.79 Å². The van der Waals surface area contributed by atoms with Gasteiger partial charge in [0.25, 0.3) is 5.91 Å². The first-order chi connectivity index (χ1) is 8.74. The molecule has 1 aromatic heterocycles. The van der Waals surface area contributed by atoms with Crippen LogP contribution in [0.25, 0.3) is 10.9 Å². The molecule has 1 aliphatic rings. The summed E-state index contributed by atoms with van der Waals surface area (Å²) in [7, 11) is 0. The Morgan fingerprint density at radius 3 is 2.83 bits per heavy atom. The molecule has 1 fully saturated rings. The van der Waals surface area contributed by atoms with Crippen molar-refractivity contribution in [1.82, 2.24) is 9.88 Å². The van der Waals surface area contributed by atoms with E-state index >= 15 is 0 Å². The molecule has 0 saturated carbocycles. The number of rotatable bonds is 1. The van der Waals surface area contributed by atoms with E-state index in [1.165, 1.54) is 5.56 Å². The molecule has 2 heterocycles. The molecule has 4 heteroatoms. The van der Waals surface area contributed by atoms with E-state index in [-0.39, 0.29) is 5.91 Å². The molecule has 94 valence electrons. The minimum atomic E-state index is 0.0622. The molecular formula is C14H16N2O2. The highest BCUT2D eigenvalue weighted by atomic mass is 16.5. The van der Waals surface area contributed by atoms with Crippen molar-refractivity contribution in [2.24, 2.45) is 0 Å². The van der Waals surface area contributed by atoms with E-state index in [1.54, 1.807) is 0 Å². The van der Waals surface area contributed by atoms with Crippen LogP contribution in [0, 0.1) is 6.92 Å². The number of hydrogen-bond acceptors (Lipinski definition) is 2. The average molecular weight is 244 g/mol. The maximum absolute atomic E-state index is 12.3. The summed E-state index contributed by atoms with van der Waals surface area (Å²) in [6, 6.07) is 8.08. The number of H-pyrrole nitrogens is 1. The fourth-order valence-corrected chi connectivity index (χ4v) is 2.29. The second kappa shape index (κ2) is 4.46. The molecule has 1 N–H and O–H groups in total. The largest absolute Gasteiger partial charge is 0.378 e. The number of carbonyl (C=O) groups excluding carboxylic acids is 1. The van der Waals surface area contributed by atoms with E-state index in [0.29, 0.717) is 32.0 Å². The van der Waals surface area contributed by atoms with Crippen molar-refractivity contribution in [2.75, 3.05) is 26.3 Å². The van der Waals surface area contributed by atoms with Gasteiger partial charge in [0.15, 0.2) is 0 Å². The molecule has 1 saturated heterocycles. The molecule has 0 bridgehead atoms. The summed E-state index contributed by atoms with van der Waals surface area (Å²) in [5.74, 6) is 0.0622. The second-order valence-electron chi connectivity index (χ2n) is 4.68. The van der Waals surface area contributed by atoms with Crippen LogP contribution in [0.1, 0.15) is 16.1 Å². The van der Waals surface area contributed by atoms with Gasteiger partial charge in [-0.1, -0.05) is 12.1 Å². The molecule has 1 amide bonds. The first-order valence-electron chi connectivity index (χ1n) is 6.20. The van der Waals surface area contributed by atoms with Gasteiger partial charge in [0.2, 0.25) is 0 Å². The fraction of sp³-hybridized carbons (Fsp3) is 0.357. The van der Waals surface area contributed by atoms with Gasteiger partial charge >= 0.3 is 0 Å². The van der Waals surface area contributed by atoms with Crippen LogP contribution in [0.15, 0.2) is 24.3 Å². The summed E-state index contributed by atoms with van der Waals surface area (Å²) in [6.45, 7) is 4.65. The Labute approximate surface area is 106 Å². The van der Waals surface area contributed by atoms with Gasteiger partial charge < -0.3 is 14.6 Å². The Balaban J connectivity index is 1.91. The lowest BCUT2D eigenvalue weighted by Gasteiger charge is -2.26. The van der Waals surface area contributed by atoms with Crippen LogP contribution in [0.2, 0.25) is 0 Å². The maximum atomic E-state index is 12.3. The number of carbonyl (C=O) groups is 1. The molecule has 0 spiro atoms. The number of hydrogen-bond donors (Lipinski definition) is 1. The fourth-order valence-electron chi connectivity index (χ4n) is 2.29. The Morgan fingerprint density at radius 1 is 1.28 bits per heavy atom. The van der Waals surface area contributed by atoms with Crippen molar-refractivity contribution in [3.8, 4) is 0 Å². The van der Waals surface area contributed by atoms with Crippen molar-refractivity contribution >= 4 is 16.8 Å². The standard InChI is InChI=1S/C14H16N2O2/c1-10-2-3-11-9-13(15-12(11)8-10)14(17)16-4-6-18-7-5-16/h2-3,8-9,15H,4-7H2,1H3. The van der Waals surface area contributed by atoms with Crippen LogP contribution in [0.5, 0.6) is 0 Å². The van der Waals surface area contributed by atoms with Gasteiger partial charge in [-0.05, 0) is 24.6 Å². The van der Waals surface area contributed by atoms with E-state index in [0.717, 1.165) is 10.9 Å². The van der Waals surface area contributed by atoms with Crippen molar-refractivity contribution in [3.05, 3.63) is 35.5 Å². The lowest BCUT2D eigenvalue weighted by Crippen LogP contribution is -2.40. The molecule has 0 radical (unpaired) electrons. The maximum Gasteiger partial charge on any atom is 0.270 e. The highest BCUT2D eigenvalue weighted by Gasteiger charge is 2.19. The Hall–Kier alpha value is -1.81. The molecule has 0 aliphatic carbocycles. The summed E-state index contributed by atoms with van der Waals surface area (Å²) in [4.78, 5) is 17.3. The number of amides is 1. The van der Waals surface area contributed by atoms with E-state index in [2.05, 4.69) is 17.1 Å². The van der Waals surface area contributed by atoms with Crippen LogP contribution >= 0.6 is 0 Å². The van der Waals surface area contributed by atoms with Gasteiger partial charge in [0, 0.05) is 24.0 Å². The molecular weight excluding hydrogens is 228 g/mol. The van der Waals surface area contributed by atoms with Crippen LogP contribution in [-0.4, -0.2) is 42.1 Å². The van der Waals surface area contributed by atoms with Crippen molar-refractivity contribution in [2.45, 2.75) is 6.92 Å². The van der Waals surface area contributed by atoms with Crippen LogP contribution in [0.3, 0.4) is 0 Å². The van der Waals surface area contributed by atoms with E-state index in [4.69, 9.17) is 4.74 Å². The predicted octanol–water partition coefficient (Wildman–Crippen LogP) is 1.95. The van der Waals surface area contributed by atoms with Gasteiger partial charge in [0.05, 0.1) is 13.2 Å². The van der Waals surface area contributed by atoms with Gasteiger partial charge in [-0.2, -0.15) is 0 Å². The van der Waals surface area contributed by atoms with Crippen molar-refractivity contribution in [3.63, 3.8) is 0 Å². The van der Waals surface area contributed by atoms with Gasteiger partial charge in [0.1, 0.15) is 5.69 Å². The molecule has 1 aliphatic heterocycles. The van der Waals surface area contributed by atoms with Crippen LogP contribution < -0.4 is 0 Å². The minimum absolute atomic E-state index is 0.0622. The highest BCUT2D eigenvalue weighted by molar-refractivity contribution is 5.98. The summed E-state index contributed by atoms with van der Waals surface area (Å²) in [5, 5.41) is 1.08. The number of nitrogens with one attached hydrogen (secondary N) is 1. The zero-order chi connectivity index (χ0) is 12.5. The normalized spacial score (nSPS) is 16.2. The number of aromatic amines is 1. The topological polar surface area (TPSA) is 45.3 Å². The minimum Gasteiger partial charge on any atom is -0.378 e. The summed E-state index contributed by atoms with van der Waals surface area (Å²) in [5.41, 5.74) is 2.87. The second-order valence-corrected chi connectivity index (χ2v) is 4.68. The number of benzene rings is 1. The highest BCUT2D eigenvalue weighted by Crippen LogP contribution is 2.18. The van der Waals surface area contributed by atoms with Gasteiger partial charge in [-0.15, -0.1) is 0 Å². The first kappa shape index (κ1) is 11.3. The van der Waals surface area contributed by atoms with Crippen LogP contribution in [0.4, 0.5) is 0 Å². The average Bonchev–Trinajstić information content (AvgIpc) is 2.81. The number of fused-ring (bicyclic) bond motifs is 1. The molecule has 18 heavy (non-hydrogen) atoms. The third kappa shape index (κ3) is 1.99. The summed E-state index contributed by atoms with van der Waals surface area (Å²) in [6.07, 6.45) is 0. The smallest absolute Gasteiger partial charge is 0.270 e. The molecule has 4 nitrogen and oxygen atoms in total. The zero-order valence-electron chi connectivity index (χ0n) is 10.4.